The van der Waals surface area contributed by atoms with E-state index in [0.29, 0.717) is 31.7 Å². The SMILES string of the molecule is [C-]#[N+]c1c(-c2ccnc(N)n2)sc(C(N)=O)c1-c1ccc(Cl)cc1Cl. The number of nitrogens with zero attached hydrogens (tertiary/aromatic N) is 3. The highest BCUT2D eigenvalue weighted by Gasteiger charge is 2.26. The Balaban J connectivity index is 2.35. The fourth-order valence-corrected chi connectivity index (χ4v) is 3.90. The highest BCUT2D eigenvalue weighted by Crippen LogP contribution is 2.49. The number of hydrogen-bond donors (Lipinski definition) is 2. The predicted molar refractivity (Wildman–Crippen MR) is 100.0 cm³/mol. The van der Waals surface area contributed by atoms with Crippen LogP contribution in [0.4, 0.5) is 11.6 Å². The summed E-state index contributed by atoms with van der Waals surface area (Å²) in [7, 11) is 0. The lowest BCUT2D eigenvalue weighted by Crippen LogP contribution is -2.09. The number of hydrogen-bond acceptors (Lipinski definition) is 5. The zero-order valence-electron chi connectivity index (χ0n) is 12.5. The van der Waals surface area contributed by atoms with E-state index < -0.39 is 5.91 Å². The second kappa shape index (κ2) is 6.69. The van der Waals surface area contributed by atoms with E-state index in [1.807, 2.05) is 0 Å². The summed E-state index contributed by atoms with van der Waals surface area (Å²) in [6.07, 6.45) is 1.48. The molecule has 0 aliphatic heterocycles. The Morgan fingerprint density at radius 3 is 2.64 bits per heavy atom. The summed E-state index contributed by atoms with van der Waals surface area (Å²) in [5.74, 6) is -0.599. The van der Waals surface area contributed by atoms with Crippen LogP contribution in [0.15, 0.2) is 30.5 Å². The number of halogens is 2. The average molecular weight is 390 g/mol. The molecule has 0 saturated heterocycles. The lowest BCUT2D eigenvalue weighted by Gasteiger charge is -2.06. The van der Waals surface area contributed by atoms with Gasteiger partial charge in [0.15, 0.2) is 0 Å². The van der Waals surface area contributed by atoms with Gasteiger partial charge in [-0.1, -0.05) is 29.3 Å². The molecular formula is C16H9Cl2N5OS. The Kier molecular flexibility index (Phi) is 4.59. The van der Waals surface area contributed by atoms with E-state index in [-0.39, 0.29) is 16.5 Å². The van der Waals surface area contributed by atoms with Crippen molar-refractivity contribution in [3.63, 3.8) is 0 Å². The van der Waals surface area contributed by atoms with Crippen molar-refractivity contribution in [2.75, 3.05) is 5.73 Å². The van der Waals surface area contributed by atoms with Crippen LogP contribution in [0.25, 0.3) is 26.5 Å². The van der Waals surface area contributed by atoms with Crippen LogP contribution in [-0.2, 0) is 0 Å². The Morgan fingerprint density at radius 2 is 2.04 bits per heavy atom. The molecule has 6 nitrogen and oxygen atoms in total. The third-order valence-corrected chi connectivity index (χ3v) is 5.09. The number of nitrogen functional groups attached to an aromatic ring is 1. The smallest absolute Gasteiger partial charge is 0.258 e. The van der Waals surface area contributed by atoms with Gasteiger partial charge < -0.3 is 11.5 Å². The van der Waals surface area contributed by atoms with Crippen molar-refractivity contribution in [1.29, 1.82) is 0 Å². The fourth-order valence-electron chi connectivity index (χ4n) is 2.32. The lowest BCUT2D eigenvalue weighted by atomic mass is 10.0. The summed E-state index contributed by atoms with van der Waals surface area (Å²) >= 11 is 13.3. The minimum Gasteiger partial charge on any atom is -0.368 e. The van der Waals surface area contributed by atoms with Crippen LogP contribution in [0.2, 0.25) is 10.0 Å². The van der Waals surface area contributed by atoms with Crippen LogP contribution in [-0.4, -0.2) is 15.9 Å². The number of thiophene rings is 1. The number of benzene rings is 1. The molecule has 0 saturated carbocycles. The van der Waals surface area contributed by atoms with Gasteiger partial charge in [0.1, 0.15) is 0 Å². The quantitative estimate of drug-likeness (QED) is 0.647. The number of aromatic nitrogens is 2. The number of nitrogens with two attached hydrogens (primary N) is 2. The van der Waals surface area contributed by atoms with E-state index in [9.17, 15) is 4.79 Å². The molecule has 4 N–H and O–H groups in total. The first-order valence-corrected chi connectivity index (χ1v) is 8.38. The van der Waals surface area contributed by atoms with Crippen LogP contribution in [0.1, 0.15) is 9.67 Å². The molecule has 0 spiro atoms. The first kappa shape index (κ1) is 17.2. The normalized spacial score (nSPS) is 10.4. The van der Waals surface area contributed by atoms with Crippen molar-refractivity contribution in [3.8, 4) is 21.7 Å². The molecular weight excluding hydrogens is 381 g/mol. The zero-order valence-corrected chi connectivity index (χ0v) is 14.8. The van der Waals surface area contributed by atoms with Crippen molar-refractivity contribution in [2.45, 2.75) is 0 Å². The monoisotopic (exact) mass is 389 g/mol. The molecule has 9 heteroatoms. The first-order valence-electron chi connectivity index (χ1n) is 6.80. The standard InChI is InChI=1S/C16H9Cl2N5OS/c1-21-12-11(8-3-2-7(17)6-9(8)18)14(15(19)24)25-13(12)10-4-5-22-16(20)23-10/h2-6H,(H2,19,24)(H2,20,22,23). The molecule has 2 heterocycles. The summed E-state index contributed by atoms with van der Waals surface area (Å²) < 4.78 is 0. The Hall–Kier alpha value is -2.66. The number of primary amides is 1. The fraction of sp³-hybridized carbons (Fsp3) is 0. The molecule has 3 aromatic rings. The van der Waals surface area contributed by atoms with Gasteiger partial charge in [0.2, 0.25) is 11.6 Å². The summed E-state index contributed by atoms with van der Waals surface area (Å²) in [4.78, 5) is 24.2. The first-order chi connectivity index (χ1) is 11.9. The third-order valence-electron chi connectivity index (χ3n) is 3.33. The molecule has 0 atom stereocenters. The largest absolute Gasteiger partial charge is 0.368 e. The van der Waals surface area contributed by atoms with Gasteiger partial charge in [-0.25, -0.2) is 14.8 Å². The van der Waals surface area contributed by atoms with Crippen LogP contribution in [0.5, 0.6) is 0 Å². The van der Waals surface area contributed by atoms with Gasteiger partial charge in [-0.05, 0) is 23.8 Å². The van der Waals surface area contributed by atoms with Crippen molar-refractivity contribution >= 4 is 52.1 Å². The van der Waals surface area contributed by atoms with Gasteiger partial charge >= 0.3 is 0 Å². The molecule has 0 unspecified atom stereocenters. The maximum atomic E-state index is 12.0. The predicted octanol–water partition coefficient (Wildman–Crippen LogP) is 4.41. The van der Waals surface area contributed by atoms with Gasteiger partial charge in [0.05, 0.1) is 22.0 Å². The van der Waals surface area contributed by atoms with Crippen LogP contribution >= 0.6 is 34.5 Å². The van der Waals surface area contributed by atoms with Crippen LogP contribution < -0.4 is 11.5 Å². The molecule has 1 aromatic carbocycles. The van der Waals surface area contributed by atoms with E-state index in [2.05, 4.69) is 14.8 Å². The van der Waals surface area contributed by atoms with Crippen molar-refractivity contribution < 1.29 is 4.79 Å². The number of amides is 1. The molecule has 3 rings (SSSR count). The third kappa shape index (κ3) is 3.15. The molecule has 0 fully saturated rings. The molecule has 124 valence electrons. The Morgan fingerprint density at radius 1 is 1.28 bits per heavy atom. The molecule has 1 amide bonds. The highest BCUT2D eigenvalue weighted by molar-refractivity contribution is 7.18. The number of carbonyl (C=O) groups excluding carboxylic acids is 1. The van der Waals surface area contributed by atoms with E-state index in [0.717, 1.165) is 11.3 Å². The number of rotatable bonds is 3. The van der Waals surface area contributed by atoms with Crippen LogP contribution in [0.3, 0.4) is 0 Å². The van der Waals surface area contributed by atoms with Gasteiger partial charge in [-0.3, -0.25) is 4.79 Å². The minimum absolute atomic E-state index is 0.0635. The van der Waals surface area contributed by atoms with E-state index in [1.54, 1.807) is 18.2 Å². The molecule has 0 radical (unpaired) electrons. The van der Waals surface area contributed by atoms with Crippen molar-refractivity contribution in [1.82, 2.24) is 9.97 Å². The highest BCUT2D eigenvalue weighted by atomic mass is 35.5. The summed E-state index contributed by atoms with van der Waals surface area (Å²) in [5, 5.41) is 0.754. The van der Waals surface area contributed by atoms with Crippen molar-refractivity contribution in [3.05, 3.63) is 56.8 Å². The molecule has 0 aliphatic carbocycles. The van der Waals surface area contributed by atoms with E-state index in [1.165, 1.54) is 12.3 Å². The maximum absolute atomic E-state index is 12.0. The van der Waals surface area contributed by atoms with Gasteiger partial charge in [0, 0.05) is 21.8 Å². The minimum atomic E-state index is -0.663. The second-order valence-corrected chi connectivity index (χ2v) is 6.75. The maximum Gasteiger partial charge on any atom is 0.258 e. The van der Waals surface area contributed by atoms with Gasteiger partial charge in [-0.15, -0.1) is 11.3 Å². The van der Waals surface area contributed by atoms with E-state index in [4.69, 9.17) is 41.2 Å². The zero-order chi connectivity index (χ0) is 18.1. The number of anilines is 1. The van der Waals surface area contributed by atoms with E-state index >= 15 is 0 Å². The summed E-state index contributed by atoms with van der Waals surface area (Å²) in [6.45, 7) is 7.58. The molecule has 25 heavy (non-hydrogen) atoms. The van der Waals surface area contributed by atoms with Gasteiger partial charge in [0.25, 0.3) is 5.91 Å². The lowest BCUT2D eigenvalue weighted by molar-refractivity contribution is 0.100. The summed E-state index contributed by atoms with van der Waals surface area (Å²) in [6, 6.07) is 6.42. The Labute approximate surface area is 156 Å². The molecule has 0 bridgehead atoms. The molecule has 0 aliphatic rings. The van der Waals surface area contributed by atoms with Gasteiger partial charge in [-0.2, -0.15) is 0 Å². The topological polar surface area (TPSA) is 99.2 Å². The average Bonchev–Trinajstić information content (AvgIpc) is 2.94. The van der Waals surface area contributed by atoms with Crippen LogP contribution in [0, 0.1) is 6.57 Å². The van der Waals surface area contributed by atoms with Crippen molar-refractivity contribution in [2.24, 2.45) is 5.73 Å². The molecule has 2 aromatic heterocycles. The second-order valence-electron chi connectivity index (χ2n) is 4.88. The Bertz CT molecular complexity index is 1040. The number of carbonyl (C=O) groups is 1. The summed E-state index contributed by atoms with van der Waals surface area (Å²) in [5.41, 5.74) is 12.7.